The van der Waals surface area contributed by atoms with Gasteiger partial charge in [0, 0.05) is 24.1 Å². The second-order valence-electron chi connectivity index (χ2n) is 6.47. The lowest BCUT2D eigenvalue weighted by Crippen LogP contribution is -2.53. The summed E-state index contributed by atoms with van der Waals surface area (Å²) in [5.74, 6) is 0. The monoisotopic (exact) mass is 384 g/mol. The Morgan fingerprint density at radius 2 is 1.83 bits per heavy atom. The summed E-state index contributed by atoms with van der Waals surface area (Å²) in [7, 11) is 0. The van der Waals surface area contributed by atoms with Gasteiger partial charge >= 0.3 is 12.2 Å². The lowest BCUT2D eigenvalue weighted by molar-refractivity contribution is -0.000593. The second-order valence-corrected chi connectivity index (χ2v) is 7.39. The van der Waals surface area contributed by atoms with Gasteiger partial charge in [0.15, 0.2) is 0 Å². The minimum absolute atomic E-state index is 0.232. The van der Waals surface area contributed by atoms with Crippen molar-refractivity contribution < 1.29 is 19.4 Å². The number of piperazine rings is 1. The van der Waals surface area contributed by atoms with E-state index in [9.17, 15) is 14.7 Å². The van der Waals surface area contributed by atoms with E-state index < -0.39 is 17.8 Å². The fraction of sp³-hybridized carbons (Fsp3) is 0.500. The van der Waals surface area contributed by atoms with Crippen molar-refractivity contribution in [2.75, 3.05) is 19.6 Å². The number of carbonyl (C=O) groups is 2. The Kier molecular flexibility index (Phi) is 5.19. The van der Waals surface area contributed by atoms with Crippen LogP contribution in [-0.2, 0) is 4.74 Å². The van der Waals surface area contributed by atoms with E-state index in [4.69, 9.17) is 4.74 Å². The Morgan fingerprint density at radius 1 is 1.22 bits per heavy atom. The summed E-state index contributed by atoms with van der Waals surface area (Å²) < 4.78 is 6.39. The SMILES string of the molecule is CC(C)(C)OC(=O)N1CCN(C(=O)O)C[C@@H]1c1ccc(Br)cc1. The highest BCUT2D eigenvalue weighted by molar-refractivity contribution is 9.10. The molecule has 1 aromatic rings. The van der Waals surface area contributed by atoms with Gasteiger partial charge in [0.2, 0.25) is 0 Å². The zero-order valence-corrected chi connectivity index (χ0v) is 15.0. The van der Waals surface area contributed by atoms with E-state index in [1.165, 1.54) is 4.90 Å². The highest BCUT2D eigenvalue weighted by Crippen LogP contribution is 2.28. The first-order valence-corrected chi connectivity index (χ1v) is 8.19. The van der Waals surface area contributed by atoms with Crippen LogP contribution in [0.2, 0.25) is 0 Å². The molecule has 0 radical (unpaired) electrons. The van der Waals surface area contributed by atoms with Gasteiger partial charge in [0.25, 0.3) is 0 Å². The maximum atomic E-state index is 12.5. The lowest BCUT2D eigenvalue weighted by Gasteiger charge is -2.40. The van der Waals surface area contributed by atoms with Crippen LogP contribution in [-0.4, -0.2) is 52.3 Å². The molecule has 0 bridgehead atoms. The molecule has 1 fully saturated rings. The van der Waals surface area contributed by atoms with Gasteiger partial charge in [0.1, 0.15) is 5.60 Å². The van der Waals surface area contributed by atoms with Gasteiger partial charge in [-0.3, -0.25) is 4.90 Å². The number of hydrogen-bond acceptors (Lipinski definition) is 3. The third-order valence-electron chi connectivity index (χ3n) is 3.53. The summed E-state index contributed by atoms with van der Waals surface area (Å²) in [6, 6.07) is 7.17. The molecule has 1 atom stereocenters. The number of nitrogens with zero attached hydrogens (tertiary/aromatic N) is 2. The molecule has 0 spiro atoms. The molecular formula is C16H21BrN2O4. The molecule has 1 aliphatic heterocycles. The van der Waals surface area contributed by atoms with Crippen molar-refractivity contribution >= 4 is 28.1 Å². The maximum absolute atomic E-state index is 12.5. The van der Waals surface area contributed by atoms with Crippen LogP contribution < -0.4 is 0 Å². The molecular weight excluding hydrogens is 364 g/mol. The van der Waals surface area contributed by atoms with Gasteiger partial charge in [-0.05, 0) is 38.5 Å². The van der Waals surface area contributed by atoms with E-state index in [1.807, 2.05) is 45.0 Å². The Balaban J connectivity index is 2.26. The predicted octanol–water partition coefficient (Wildman–Crippen LogP) is 3.72. The lowest BCUT2D eigenvalue weighted by atomic mass is 10.0. The third kappa shape index (κ3) is 4.60. The van der Waals surface area contributed by atoms with Crippen molar-refractivity contribution in [1.82, 2.24) is 9.80 Å². The summed E-state index contributed by atoms with van der Waals surface area (Å²) in [5, 5.41) is 9.24. The molecule has 7 heteroatoms. The number of carboxylic acid groups (broad SMARTS) is 1. The molecule has 1 heterocycles. The molecule has 1 saturated heterocycles. The number of ether oxygens (including phenoxy) is 1. The fourth-order valence-electron chi connectivity index (χ4n) is 2.47. The number of amides is 2. The summed E-state index contributed by atoms with van der Waals surface area (Å²) in [5.41, 5.74) is 0.288. The van der Waals surface area contributed by atoms with Crippen molar-refractivity contribution in [3.8, 4) is 0 Å². The molecule has 6 nitrogen and oxygen atoms in total. The minimum atomic E-state index is -0.976. The average Bonchev–Trinajstić information content (AvgIpc) is 2.45. The summed E-state index contributed by atoms with van der Waals surface area (Å²) in [6.45, 7) is 6.26. The van der Waals surface area contributed by atoms with Crippen molar-refractivity contribution in [3.63, 3.8) is 0 Å². The number of rotatable bonds is 1. The van der Waals surface area contributed by atoms with Crippen LogP contribution in [0.5, 0.6) is 0 Å². The van der Waals surface area contributed by atoms with E-state index in [0.717, 1.165) is 10.0 Å². The zero-order valence-electron chi connectivity index (χ0n) is 13.5. The van der Waals surface area contributed by atoms with Crippen molar-refractivity contribution in [1.29, 1.82) is 0 Å². The molecule has 1 N–H and O–H groups in total. The summed E-state index contributed by atoms with van der Waals surface area (Å²) in [4.78, 5) is 26.7. The molecule has 2 amide bonds. The topological polar surface area (TPSA) is 70.1 Å². The normalized spacial score (nSPS) is 18.7. The van der Waals surface area contributed by atoms with E-state index in [-0.39, 0.29) is 19.1 Å². The summed E-state index contributed by atoms with van der Waals surface area (Å²) >= 11 is 3.38. The number of hydrogen-bond donors (Lipinski definition) is 1. The Morgan fingerprint density at radius 3 is 2.35 bits per heavy atom. The van der Waals surface area contributed by atoms with Crippen LogP contribution in [0.1, 0.15) is 32.4 Å². The first-order valence-electron chi connectivity index (χ1n) is 7.40. The molecule has 23 heavy (non-hydrogen) atoms. The highest BCUT2D eigenvalue weighted by atomic mass is 79.9. The van der Waals surface area contributed by atoms with Crippen LogP contribution in [0.4, 0.5) is 9.59 Å². The van der Waals surface area contributed by atoms with Gasteiger partial charge in [0.05, 0.1) is 6.04 Å². The van der Waals surface area contributed by atoms with Crippen LogP contribution >= 0.6 is 15.9 Å². The molecule has 0 unspecified atom stereocenters. The first kappa shape index (κ1) is 17.6. The Labute approximate surface area is 144 Å². The fourth-order valence-corrected chi connectivity index (χ4v) is 2.73. The number of benzene rings is 1. The molecule has 2 rings (SSSR count). The molecule has 1 aromatic carbocycles. The predicted molar refractivity (Wildman–Crippen MR) is 89.4 cm³/mol. The Hall–Kier alpha value is -1.76. The molecule has 0 aliphatic carbocycles. The average molecular weight is 385 g/mol. The van der Waals surface area contributed by atoms with Crippen LogP contribution in [0.15, 0.2) is 28.7 Å². The van der Waals surface area contributed by atoms with Gasteiger partial charge in [-0.2, -0.15) is 0 Å². The molecule has 0 saturated carbocycles. The Bertz CT molecular complexity index is 583. The minimum Gasteiger partial charge on any atom is -0.465 e. The molecule has 126 valence electrons. The maximum Gasteiger partial charge on any atom is 0.410 e. The van der Waals surface area contributed by atoms with Crippen LogP contribution in [0.3, 0.4) is 0 Å². The largest absolute Gasteiger partial charge is 0.465 e. The number of halogens is 1. The first-order chi connectivity index (χ1) is 10.7. The highest BCUT2D eigenvalue weighted by Gasteiger charge is 2.35. The van der Waals surface area contributed by atoms with Gasteiger partial charge in [-0.25, -0.2) is 9.59 Å². The van der Waals surface area contributed by atoms with Crippen molar-refractivity contribution in [2.24, 2.45) is 0 Å². The van der Waals surface area contributed by atoms with E-state index >= 15 is 0 Å². The van der Waals surface area contributed by atoms with Crippen molar-refractivity contribution in [3.05, 3.63) is 34.3 Å². The van der Waals surface area contributed by atoms with E-state index in [1.54, 1.807) is 4.90 Å². The zero-order chi connectivity index (χ0) is 17.2. The second kappa shape index (κ2) is 6.78. The number of carbonyl (C=O) groups excluding carboxylic acids is 1. The van der Waals surface area contributed by atoms with Gasteiger partial charge < -0.3 is 14.7 Å². The van der Waals surface area contributed by atoms with Gasteiger partial charge in [-0.15, -0.1) is 0 Å². The van der Waals surface area contributed by atoms with Crippen molar-refractivity contribution in [2.45, 2.75) is 32.4 Å². The third-order valence-corrected chi connectivity index (χ3v) is 4.06. The standard InChI is InChI=1S/C16H21BrN2O4/c1-16(2,3)23-15(22)19-9-8-18(14(20)21)10-13(19)11-4-6-12(17)7-5-11/h4-7,13H,8-10H2,1-3H3,(H,20,21)/t13-/m1/s1. The van der Waals surface area contributed by atoms with E-state index in [0.29, 0.717) is 6.54 Å². The molecule has 1 aliphatic rings. The smallest absolute Gasteiger partial charge is 0.410 e. The van der Waals surface area contributed by atoms with Gasteiger partial charge in [-0.1, -0.05) is 28.1 Å². The quantitative estimate of drug-likeness (QED) is 0.800. The van der Waals surface area contributed by atoms with Crippen LogP contribution in [0.25, 0.3) is 0 Å². The summed E-state index contributed by atoms with van der Waals surface area (Å²) in [6.07, 6.45) is -1.40. The van der Waals surface area contributed by atoms with E-state index in [2.05, 4.69) is 15.9 Å². The van der Waals surface area contributed by atoms with Crippen LogP contribution in [0, 0.1) is 0 Å². The molecule has 0 aromatic heterocycles.